The molecule has 2 N–H and O–H groups in total. The van der Waals surface area contributed by atoms with Gasteiger partial charge in [-0.15, -0.1) is 0 Å². The second-order valence-corrected chi connectivity index (χ2v) is 7.91. The summed E-state index contributed by atoms with van der Waals surface area (Å²) in [5, 5.41) is 10.4. The highest BCUT2D eigenvalue weighted by molar-refractivity contribution is 5.92. The summed E-state index contributed by atoms with van der Waals surface area (Å²) in [4.78, 5) is 26.9. The molecule has 1 saturated heterocycles. The molecule has 0 aromatic carbocycles. The van der Waals surface area contributed by atoms with Gasteiger partial charge in [-0.05, 0) is 44.6 Å². The first-order chi connectivity index (χ1) is 12.2. The SMILES string of the molecule is O=C(NC1CCCC1)c1cc(C2CCCN(C(=O)C3CCC3)C2)[nH]n1. The third kappa shape index (κ3) is 3.58. The number of aromatic amines is 1. The van der Waals surface area contributed by atoms with Crippen LogP contribution in [0, 0.1) is 5.92 Å². The zero-order valence-corrected chi connectivity index (χ0v) is 14.8. The molecule has 6 heteroatoms. The Labute approximate surface area is 148 Å². The molecule has 1 aliphatic heterocycles. The molecule has 0 spiro atoms. The van der Waals surface area contributed by atoms with E-state index in [1.807, 2.05) is 11.0 Å². The molecule has 0 bridgehead atoms. The zero-order chi connectivity index (χ0) is 17.2. The van der Waals surface area contributed by atoms with Gasteiger partial charge in [-0.3, -0.25) is 14.7 Å². The Balaban J connectivity index is 1.37. The maximum absolute atomic E-state index is 12.5. The number of carbonyl (C=O) groups is 2. The van der Waals surface area contributed by atoms with E-state index in [2.05, 4.69) is 15.5 Å². The summed E-state index contributed by atoms with van der Waals surface area (Å²) >= 11 is 0. The fraction of sp³-hybridized carbons (Fsp3) is 0.737. The molecule has 2 saturated carbocycles. The van der Waals surface area contributed by atoms with Crippen LogP contribution in [0.25, 0.3) is 0 Å². The van der Waals surface area contributed by atoms with Gasteiger partial charge in [0.05, 0.1) is 0 Å². The standard InChI is InChI=1S/C19H28N4O2/c24-18(20-15-8-1-2-9-15)17-11-16(21-22-17)14-7-4-10-23(12-14)19(25)13-5-3-6-13/h11,13-15H,1-10,12H2,(H,20,24)(H,21,22). The lowest BCUT2D eigenvalue weighted by Crippen LogP contribution is -2.44. The molecule has 2 aliphatic carbocycles. The Hall–Kier alpha value is -1.85. The van der Waals surface area contributed by atoms with Crippen LogP contribution in [0.3, 0.4) is 0 Å². The van der Waals surface area contributed by atoms with E-state index in [-0.39, 0.29) is 17.7 Å². The summed E-state index contributed by atoms with van der Waals surface area (Å²) in [6.45, 7) is 1.62. The molecule has 6 nitrogen and oxygen atoms in total. The Kier molecular flexibility index (Phi) is 4.77. The van der Waals surface area contributed by atoms with Crippen molar-refractivity contribution < 1.29 is 9.59 Å². The summed E-state index contributed by atoms with van der Waals surface area (Å²) in [5.41, 5.74) is 1.46. The zero-order valence-electron chi connectivity index (χ0n) is 14.8. The third-order valence-corrected chi connectivity index (χ3v) is 6.15. The molecular formula is C19H28N4O2. The summed E-state index contributed by atoms with van der Waals surface area (Å²) in [6.07, 6.45) is 9.89. The van der Waals surface area contributed by atoms with Crippen molar-refractivity contribution in [2.24, 2.45) is 5.92 Å². The molecular weight excluding hydrogens is 316 g/mol. The summed E-state index contributed by atoms with van der Waals surface area (Å²) in [5.74, 6) is 0.772. The van der Waals surface area contributed by atoms with E-state index in [1.54, 1.807) is 0 Å². The number of nitrogens with zero attached hydrogens (tertiary/aromatic N) is 2. The third-order valence-electron chi connectivity index (χ3n) is 6.15. The highest BCUT2D eigenvalue weighted by Gasteiger charge is 2.33. The number of nitrogens with one attached hydrogen (secondary N) is 2. The van der Waals surface area contributed by atoms with Crippen LogP contribution in [-0.2, 0) is 4.79 Å². The van der Waals surface area contributed by atoms with Crippen molar-refractivity contribution in [3.05, 3.63) is 17.5 Å². The minimum Gasteiger partial charge on any atom is -0.348 e. The van der Waals surface area contributed by atoms with E-state index >= 15 is 0 Å². The number of hydrogen-bond donors (Lipinski definition) is 2. The number of likely N-dealkylation sites (tertiary alicyclic amines) is 1. The van der Waals surface area contributed by atoms with Crippen LogP contribution < -0.4 is 5.32 Å². The maximum Gasteiger partial charge on any atom is 0.271 e. The van der Waals surface area contributed by atoms with Crippen molar-refractivity contribution >= 4 is 11.8 Å². The lowest BCUT2D eigenvalue weighted by Gasteiger charge is -2.36. The number of hydrogen-bond acceptors (Lipinski definition) is 3. The van der Waals surface area contributed by atoms with Crippen LogP contribution in [0.4, 0.5) is 0 Å². The van der Waals surface area contributed by atoms with Gasteiger partial charge in [0.2, 0.25) is 5.91 Å². The maximum atomic E-state index is 12.5. The summed E-state index contributed by atoms with van der Waals surface area (Å²) in [7, 11) is 0. The van der Waals surface area contributed by atoms with Crippen molar-refractivity contribution in [3.63, 3.8) is 0 Å². The van der Waals surface area contributed by atoms with Gasteiger partial charge in [-0.25, -0.2) is 0 Å². The van der Waals surface area contributed by atoms with Crippen molar-refractivity contribution in [1.82, 2.24) is 20.4 Å². The number of H-pyrrole nitrogens is 1. The number of aromatic nitrogens is 2. The average Bonchev–Trinajstić information content (AvgIpc) is 3.25. The highest BCUT2D eigenvalue weighted by Crippen LogP contribution is 2.32. The molecule has 2 amide bonds. The van der Waals surface area contributed by atoms with Crippen molar-refractivity contribution in [2.75, 3.05) is 13.1 Å². The molecule has 136 valence electrons. The highest BCUT2D eigenvalue weighted by atomic mass is 16.2. The molecule has 1 unspecified atom stereocenters. The first-order valence-electron chi connectivity index (χ1n) is 9.85. The number of carbonyl (C=O) groups excluding carboxylic acids is 2. The number of piperidine rings is 1. The van der Waals surface area contributed by atoms with Crippen LogP contribution in [0.1, 0.15) is 79.9 Å². The van der Waals surface area contributed by atoms with Crippen LogP contribution in [-0.4, -0.2) is 46.0 Å². The van der Waals surface area contributed by atoms with Gasteiger partial charge < -0.3 is 10.2 Å². The fourth-order valence-electron chi connectivity index (χ4n) is 4.34. The largest absolute Gasteiger partial charge is 0.348 e. The Morgan fingerprint density at radius 2 is 1.88 bits per heavy atom. The van der Waals surface area contributed by atoms with Crippen LogP contribution in [0.2, 0.25) is 0 Å². The smallest absolute Gasteiger partial charge is 0.271 e. The van der Waals surface area contributed by atoms with E-state index < -0.39 is 0 Å². The van der Waals surface area contributed by atoms with Gasteiger partial charge in [0.25, 0.3) is 5.91 Å². The molecule has 1 atom stereocenters. The van der Waals surface area contributed by atoms with Crippen molar-refractivity contribution in [3.8, 4) is 0 Å². The lowest BCUT2D eigenvalue weighted by atomic mass is 9.83. The first kappa shape index (κ1) is 16.6. The monoisotopic (exact) mass is 344 g/mol. The van der Waals surface area contributed by atoms with Gasteiger partial charge in [-0.2, -0.15) is 5.10 Å². The Morgan fingerprint density at radius 1 is 1.08 bits per heavy atom. The van der Waals surface area contributed by atoms with E-state index in [0.29, 0.717) is 17.6 Å². The molecule has 3 aliphatic rings. The molecule has 25 heavy (non-hydrogen) atoms. The second-order valence-electron chi connectivity index (χ2n) is 7.91. The minimum absolute atomic E-state index is 0.0763. The van der Waals surface area contributed by atoms with Gasteiger partial charge >= 0.3 is 0 Å². The van der Waals surface area contributed by atoms with Gasteiger partial charge in [0, 0.05) is 36.7 Å². The van der Waals surface area contributed by atoms with Crippen LogP contribution in [0.15, 0.2) is 6.07 Å². The topological polar surface area (TPSA) is 78.1 Å². The predicted octanol–water partition coefficient (Wildman–Crippen LogP) is 2.59. The average molecular weight is 344 g/mol. The number of rotatable bonds is 4. The molecule has 3 fully saturated rings. The first-order valence-corrected chi connectivity index (χ1v) is 9.85. The molecule has 1 aromatic heterocycles. The normalized spacial score (nSPS) is 25.0. The van der Waals surface area contributed by atoms with Gasteiger partial charge in [0.15, 0.2) is 0 Å². The molecule has 2 heterocycles. The molecule has 0 radical (unpaired) electrons. The fourth-order valence-corrected chi connectivity index (χ4v) is 4.34. The number of amides is 2. The van der Waals surface area contributed by atoms with E-state index in [9.17, 15) is 9.59 Å². The van der Waals surface area contributed by atoms with E-state index in [4.69, 9.17) is 0 Å². The predicted molar refractivity (Wildman–Crippen MR) is 94.2 cm³/mol. The summed E-state index contributed by atoms with van der Waals surface area (Å²) in [6, 6.07) is 2.18. The quantitative estimate of drug-likeness (QED) is 0.881. The van der Waals surface area contributed by atoms with Crippen LogP contribution in [0.5, 0.6) is 0 Å². The Morgan fingerprint density at radius 3 is 2.60 bits per heavy atom. The minimum atomic E-state index is -0.0763. The lowest BCUT2D eigenvalue weighted by molar-refractivity contribution is -0.139. The molecule has 1 aromatic rings. The van der Waals surface area contributed by atoms with Crippen molar-refractivity contribution in [2.45, 2.75) is 69.7 Å². The Bertz CT molecular complexity index is 631. The van der Waals surface area contributed by atoms with Gasteiger partial charge in [-0.1, -0.05) is 19.3 Å². The van der Waals surface area contributed by atoms with Gasteiger partial charge in [0.1, 0.15) is 5.69 Å². The molecule has 4 rings (SSSR count). The van der Waals surface area contributed by atoms with E-state index in [0.717, 1.165) is 57.3 Å². The van der Waals surface area contributed by atoms with E-state index in [1.165, 1.54) is 19.3 Å². The second kappa shape index (κ2) is 7.18. The van der Waals surface area contributed by atoms with Crippen molar-refractivity contribution in [1.29, 1.82) is 0 Å². The van der Waals surface area contributed by atoms with Crippen LogP contribution >= 0.6 is 0 Å². The summed E-state index contributed by atoms with van der Waals surface area (Å²) < 4.78 is 0.